The molecule has 0 aliphatic heterocycles. The molecule has 0 aromatic heterocycles. The van der Waals surface area contributed by atoms with Crippen molar-refractivity contribution in [3.63, 3.8) is 0 Å². The molecular weight excluding hydrogens is 360 g/mol. The first-order valence-electron chi connectivity index (χ1n) is 9.21. The predicted octanol–water partition coefficient (Wildman–Crippen LogP) is 6.29. The number of hydrogen-bond donors (Lipinski definition) is 1. The van der Waals surface area contributed by atoms with Crippen LogP contribution < -0.4 is 0 Å². The average Bonchev–Trinajstić information content (AvgIpc) is 2.54. The molecule has 2 aromatic carbocycles. The molecule has 2 aromatic rings. The van der Waals surface area contributed by atoms with Crippen LogP contribution in [0.2, 0.25) is 0 Å². The fraction of sp³-hybridized carbons (Fsp3) is 0.455. The lowest BCUT2D eigenvalue weighted by molar-refractivity contribution is -0.00500. The molecule has 0 heterocycles. The van der Waals surface area contributed by atoms with Crippen molar-refractivity contribution in [2.24, 2.45) is 17.8 Å². The number of benzene rings is 2. The number of aromatic hydroxyl groups is 1. The lowest BCUT2D eigenvalue weighted by Crippen LogP contribution is -2.48. The monoisotopic (exact) mass is 382 g/mol. The van der Waals surface area contributed by atoms with Gasteiger partial charge in [0.05, 0.1) is 0 Å². The van der Waals surface area contributed by atoms with E-state index >= 15 is 0 Å². The van der Waals surface area contributed by atoms with Gasteiger partial charge in [-0.15, -0.1) is 0 Å². The molecule has 2 heteroatoms. The molecule has 0 unspecified atom stereocenters. The van der Waals surface area contributed by atoms with E-state index in [9.17, 15) is 5.11 Å². The molecule has 124 valence electrons. The summed E-state index contributed by atoms with van der Waals surface area (Å²) in [5.74, 6) is 3.16. The van der Waals surface area contributed by atoms with E-state index in [0.717, 1.165) is 22.2 Å². The van der Waals surface area contributed by atoms with E-state index in [2.05, 4.69) is 52.3 Å². The first kappa shape index (κ1) is 15.0. The first-order chi connectivity index (χ1) is 11.6. The summed E-state index contributed by atoms with van der Waals surface area (Å²) in [6.45, 7) is 0. The summed E-state index contributed by atoms with van der Waals surface area (Å²) in [4.78, 5) is 0. The zero-order chi connectivity index (χ0) is 16.3. The number of halogens is 1. The summed E-state index contributed by atoms with van der Waals surface area (Å²) in [6.07, 6.45) is 8.33. The van der Waals surface area contributed by atoms with Crippen LogP contribution in [0.25, 0.3) is 11.1 Å². The third-order valence-corrected chi connectivity index (χ3v) is 7.30. The van der Waals surface area contributed by atoms with E-state index in [1.54, 1.807) is 0 Å². The molecule has 0 amide bonds. The Morgan fingerprint density at radius 2 is 1.42 bits per heavy atom. The van der Waals surface area contributed by atoms with Crippen molar-refractivity contribution in [3.8, 4) is 16.9 Å². The fourth-order valence-corrected chi connectivity index (χ4v) is 6.56. The number of phenolic OH excluding ortho intramolecular Hbond substituents is 1. The van der Waals surface area contributed by atoms with Crippen molar-refractivity contribution in [2.45, 2.75) is 43.9 Å². The quantitative estimate of drug-likeness (QED) is 0.646. The van der Waals surface area contributed by atoms with E-state index < -0.39 is 0 Å². The van der Waals surface area contributed by atoms with Gasteiger partial charge in [-0.05, 0) is 103 Å². The Labute approximate surface area is 152 Å². The van der Waals surface area contributed by atoms with Gasteiger partial charge in [-0.1, -0.05) is 34.1 Å². The Morgan fingerprint density at radius 1 is 0.833 bits per heavy atom. The molecule has 24 heavy (non-hydrogen) atoms. The minimum absolute atomic E-state index is 0.301. The van der Waals surface area contributed by atoms with Gasteiger partial charge in [0.2, 0.25) is 0 Å². The highest BCUT2D eigenvalue weighted by Crippen LogP contribution is 2.62. The molecule has 4 bridgehead atoms. The van der Waals surface area contributed by atoms with Crippen molar-refractivity contribution in [2.75, 3.05) is 0 Å². The largest absolute Gasteiger partial charge is 0.508 e. The van der Waals surface area contributed by atoms with Gasteiger partial charge < -0.3 is 5.11 Å². The molecule has 1 N–H and O–H groups in total. The second-order valence-corrected chi connectivity index (χ2v) is 9.35. The van der Waals surface area contributed by atoms with Crippen molar-refractivity contribution in [1.29, 1.82) is 0 Å². The van der Waals surface area contributed by atoms with Crippen LogP contribution in [0.15, 0.2) is 46.9 Å². The number of rotatable bonds is 2. The second-order valence-electron chi connectivity index (χ2n) is 8.43. The molecule has 4 saturated carbocycles. The number of phenols is 1. The molecular formula is C22H23BrO. The molecule has 0 spiro atoms. The van der Waals surface area contributed by atoms with Crippen molar-refractivity contribution in [3.05, 3.63) is 52.5 Å². The third-order valence-electron chi connectivity index (χ3n) is 6.77. The lowest BCUT2D eigenvalue weighted by atomic mass is 9.47. The molecule has 0 saturated heterocycles. The Morgan fingerprint density at radius 3 is 2.00 bits per heavy atom. The van der Waals surface area contributed by atoms with Crippen LogP contribution in [0.5, 0.6) is 5.75 Å². The van der Waals surface area contributed by atoms with Gasteiger partial charge in [-0.3, -0.25) is 0 Å². The zero-order valence-electron chi connectivity index (χ0n) is 13.8. The van der Waals surface area contributed by atoms with E-state index in [0.29, 0.717) is 11.2 Å². The fourth-order valence-electron chi connectivity index (χ4n) is 6.29. The van der Waals surface area contributed by atoms with Gasteiger partial charge in [0, 0.05) is 4.47 Å². The molecule has 6 rings (SSSR count). The summed E-state index contributed by atoms with van der Waals surface area (Å²) in [5.41, 5.74) is 4.30. The van der Waals surface area contributed by atoms with Crippen LogP contribution in [0, 0.1) is 17.8 Å². The first-order valence-corrected chi connectivity index (χ1v) is 10.00. The van der Waals surface area contributed by atoms with Crippen LogP contribution in [0.1, 0.15) is 44.1 Å². The minimum atomic E-state index is 0.301. The zero-order valence-corrected chi connectivity index (χ0v) is 15.4. The van der Waals surface area contributed by atoms with Crippen molar-refractivity contribution >= 4 is 15.9 Å². The Balaban J connectivity index is 1.65. The van der Waals surface area contributed by atoms with Crippen molar-refractivity contribution in [1.82, 2.24) is 0 Å². The van der Waals surface area contributed by atoms with Gasteiger partial charge >= 0.3 is 0 Å². The van der Waals surface area contributed by atoms with Gasteiger partial charge in [0.1, 0.15) is 5.75 Å². The van der Waals surface area contributed by atoms with Gasteiger partial charge in [-0.2, -0.15) is 0 Å². The lowest BCUT2D eigenvalue weighted by Gasteiger charge is -2.57. The maximum atomic E-state index is 10.2. The van der Waals surface area contributed by atoms with Crippen LogP contribution in [-0.4, -0.2) is 5.11 Å². The van der Waals surface area contributed by atoms with Gasteiger partial charge in [0.25, 0.3) is 0 Å². The van der Waals surface area contributed by atoms with Gasteiger partial charge in [-0.25, -0.2) is 0 Å². The summed E-state index contributed by atoms with van der Waals surface area (Å²) in [5, 5.41) is 10.2. The topological polar surface area (TPSA) is 20.2 Å². The third kappa shape index (κ3) is 2.34. The normalized spacial score (nSPS) is 33.8. The highest BCUT2D eigenvalue weighted by atomic mass is 79.9. The molecule has 4 fully saturated rings. The Hall–Kier alpha value is -1.28. The highest BCUT2D eigenvalue weighted by molar-refractivity contribution is 9.10. The summed E-state index contributed by atoms with van der Waals surface area (Å²) in [6, 6.07) is 14.7. The SMILES string of the molecule is Oc1ccc(-c2ccc(Br)cc2)c(C23CC4CC(CC(C4)C2)C3)c1. The summed E-state index contributed by atoms with van der Waals surface area (Å²) < 4.78 is 1.11. The summed E-state index contributed by atoms with van der Waals surface area (Å²) >= 11 is 3.54. The van der Waals surface area contributed by atoms with Crippen LogP contribution in [-0.2, 0) is 5.41 Å². The van der Waals surface area contributed by atoms with E-state index in [1.165, 1.54) is 55.2 Å². The molecule has 4 aliphatic carbocycles. The van der Waals surface area contributed by atoms with Gasteiger partial charge in [0.15, 0.2) is 0 Å². The standard InChI is InChI=1S/C22H23BrO/c23-18-3-1-17(2-4-18)20-6-5-19(24)10-21(20)22-11-14-7-15(12-22)9-16(8-14)13-22/h1-6,10,14-16,24H,7-9,11-13H2. The Bertz CT molecular complexity index is 742. The van der Waals surface area contributed by atoms with Crippen LogP contribution in [0.3, 0.4) is 0 Å². The van der Waals surface area contributed by atoms with Crippen LogP contribution >= 0.6 is 15.9 Å². The van der Waals surface area contributed by atoms with E-state index in [4.69, 9.17) is 0 Å². The highest BCUT2D eigenvalue weighted by Gasteiger charge is 2.52. The van der Waals surface area contributed by atoms with E-state index in [-0.39, 0.29) is 0 Å². The molecule has 0 radical (unpaired) electrons. The molecule has 4 aliphatic rings. The van der Waals surface area contributed by atoms with Crippen LogP contribution in [0.4, 0.5) is 0 Å². The Kier molecular flexibility index (Phi) is 3.35. The summed E-state index contributed by atoms with van der Waals surface area (Å²) in [7, 11) is 0. The van der Waals surface area contributed by atoms with E-state index in [1.807, 2.05) is 6.07 Å². The maximum Gasteiger partial charge on any atom is 0.115 e. The average molecular weight is 383 g/mol. The molecule has 0 atom stereocenters. The minimum Gasteiger partial charge on any atom is -0.508 e. The van der Waals surface area contributed by atoms with Crippen molar-refractivity contribution < 1.29 is 5.11 Å². The number of hydrogen-bond acceptors (Lipinski definition) is 1. The maximum absolute atomic E-state index is 10.2. The second kappa shape index (κ2) is 5.36. The smallest absolute Gasteiger partial charge is 0.115 e. The molecule has 1 nitrogen and oxygen atoms in total. The predicted molar refractivity (Wildman–Crippen MR) is 101 cm³/mol.